The molecule has 218 valence electrons. The van der Waals surface area contributed by atoms with Gasteiger partial charge in [0.05, 0.1) is 36.2 Å². The van der Waals surface area contributed by atoms with Crippen molar-refractivity contribution in [3.63, 3.8) is 0 Å². The van der Waals surface area contributed by atoms with Crippen molar-refractivity contribution in [2.75, 3.05) is 18.0 Å². The van der Waals surface area contributed by atoms with E-state index in [1.54, 1.807) is 0 Å². The molecule has 0 spiro atoms. The van der Waals surface area contributed by atoms with E-state index in [0.29, 0.717) is 5.69 Å². The van der Waals surface area contributed by atoms with E-state index < -0.39 is 0 Å². The molecule has 0 radical (unpaired) electrons. The first-order valence-electron chi connectivity index (χ1n) is 14.9. The number of nitrogens with zero attached hydrogens (tertiary/aromatic N) is 3. The quantitative estimate of drug-likeness (QED) is 0.335. The maximum atomic E-state index is 12.9. The average Bonchev–Trinajstić information content (AvgIpc) is 2.93. The summed E-state index contributed by atoms with van der Waals surface area (Å²) in [7, 11) is 0. The largest absolute Gasteiger partial charge is 0.484 e. The number of aliphatic hydroxyl groups is 1. The van der Waals surface area contributed by atoms with Gasteiger partial charge in [-0.15, -0.1) is 0 Å². The van der Waals surface area contributed by atoms with Gasteiger partial charge in [0, 0.05) is 35.6 Å². The second-order valence-electron chi connectivity index (χ2n) is 12.5. The van der Waals surface area contributed by atoms with Crippen molar-refractivity contribution in [1.82, 2.24) is 9.97 Å². The second kappa shape index (κ2) is 11.8. The summed E-state index contributed by atoms with van der Waals surface area (Å²) in [5.41, 5.74) is 8.47. The zero-order chi connectivity index (χ0) is 29.3. The molecule has 1 fully saturated rings. The van der Waals surface area contributed by atoms with Crippen LogP contribution in [0.15, 0.2) is 36.4 Å². The number of aliphatic hydroxyl groups excluding tert-OH is 1. The molecule has 0 saturated carbocycles. The van der Waals surface area contributed by atoms with Crippen molar-refractivity contribution in [1.29, 1.82) is 0 Å². The Balaban J connectivity index is 1.57. The number of rotatable bonds is 7. The second-order valence-corrected chi connectivity index (χ2v) is 12.5. The summed E-state index contributed by atoms with van der Waals surface area (Å²) in [6, 6.07) is 12.3. The molecule has 0 bridgehead atoms. The SMILES string of the molecule is Cc1cccc(C2CCc3cc(-c4c(CO)nc(C)c(CC(=O)OC(C)C)c4N4CCC(C)(C)CC4)ccc3O2)n1. The van der Waals surface area contributed by atoms with Gasteiger partial charge in [0.15, 0.2) is 0 Å². The van der Waals surface area contributed by atoms with Crippen LogP contribution < -0.4 is 9.64 Å². The van der Waals surface area contributed by atoms with E-state index in [2.05, 4.69) is 35.9 Å². The average molecular weight is 558 g/mol. The molecular formula is C34H43N3O4. The van der Waals surface area contributed by atoms with Crippen LogP contribution in [0.4, 0.5) is 5.69 Å². The van der Waals surface area contributed by atoms with Gasteiger partial charge < -0.3 is 19.5 Å². The molecule has 2 aromatic heterocycles. The van der Waals surface area contributed by atoms with E-state index in [9.17, 15) is 9.90 Å². The predicted octanol–water partition coefficient (Wildman–Crippen LogP) is 6.44. The first-order chi connectivity index (χ1) is 19.5. The van der Waals surface area contributed by atoms with Gasteiger partial charge in [-0.25, -0.2) is 0 Å². The predicted molar refractivity (Wildman–Crippen MR) is 161 cm³/mol. The zero-order valence-corrected chi connectivity index (χ0v) is 25.3. The molecule has 41 heavy (non-hydrogen) atoms. The molecule has 5 rings (SSSR count). The maximum absolute atomic E-state index is 12.9. The molecule has 1 atom stereocenters. The molecule has 4 heterocycles. The molecule has 3 aromatic rings. The lowest BCUT2D eigenvalue weighted by Crippen LogP contribution is -2.38. The van der Waals surface area contributed by atoms with Crippen LogP contribution in [0.1, 0.15) is 87.0 Å². The standard InChI is InChI=1S/C34H43N3O4/c1-21(2)40-31(39)19-26-23(4)36-28(20-38)32(33(26)37-16-14-34(5,6)15-17-37)25-11-12-29-24(18-25)10-13-30(41-29)27-9-7-8-22(3)35-27/h7-9,11-12,18,21,30,38H,10,13-17,19-20H2,1-6H3. The van der Waals surface area contributed by atoms with Gasteiger partial charge in [0.1, 0.15) is 11.9 Å². The Labute approximate surface area is 243 Å². The fraction of sp³-hybridized carbons (Fsp3) is 0.500. The van der Waals surface area contributed by atoms with Gasteiger partial charge in [0.2, 0.25) is 0 Å². The lowest BCUT2D eigenvalue weighted by atomic mass is 9.82. The Morgan fingerprint density at radius 3 is 2.59 bits per heavy atom. The van der Waals surface area contributed by atoms with Crippen molar-refractivity contribution < 1.29 is 19.4 Å². The van der Waals surface area contributed by atoms with E-state index in [4.69, 9.17) is 14.5 Å². The van der Waals surface area contributed by atoms with Crippen molar-refractivity contribution in [2.45, 2.75) is 92.5 Å². The molecular weight excluding hydrogens is 514 g/mol. The Bertz CT molecular complexity index is 1420. The van der Waals surface area contributed by atoms with Gasteiger partial charge in [-0.3, -0.25) is 14.8 Å². The summed E-state index contributed by atoms with van der Waals surface area (Å²) < 4.78 is 12.0. The highest BCUT2D eigenvalue weighted by atomic mass is 16.5. The van der Waals surface area contributed by atoms with E-state index in [1.165, 1.54) is 0 Å². The van der Waals surface area contributed by atoms with Crippen LogP contribution in [0.5, 0.6) is 5.75 Å². The third kappa shape index (κ3) is 6.40. The lowest BCUT2D eigenvalue weighted by Gasteiger charge is -2.40. The summed E-state index contributed by atoms with van der Waals surface area (Å²) in [6.45, 7) is 13.8. The number of ether oxygens (including phenoxy) is 2. The Morgan fingerprint density at radius 1 is 1.15 bits per heavy atom. The van der Waals surface area contributed by atoms with Crippen LogP contribution in [-0.2, 0) is 29.0 Å². The van der Waals surface area contributed by atoms with Gasteiger partial charge in [-0.1, -0.05) is 26.0 Å². The highest BCUT2D eigenvalue weighted by Crippen LogP contribution is 2.44. The van der Waals surface area contributed by atoms with E-state index >= 15 is 0 Å². The number of aromatic nitrogens is 2. The van der Waals surface area contributed by atoms with Crippen LogP contribution >= 0.6 is 0 Å². The first kappa shape index (κ1) is 29.1. The summed E-state index contributed by atoms with van der Waals surface area (Å²) >= 11 is 0. The molecule has 0 amide bonds. The van der Waals surface area contributed by atoms with Crippen LogP contribution in [0.2, 0.25) is 0 Å². The number of anilines is 1. The van der Waals surface area contributed by atoms with Gasteiger partial charge in [-0.2, -0.15) is 0 Å². The van der Waals surface area contributed by atoms with Crippen molar-refractivity contribution >= 4 is 11.7 Å². The molecule has 2 aliphatic heterocycles. The normalized spacial score (nSPS) is 18.1. The number of hydrogen-bond donors (Lipinski definition) is 1. The minimum atomic E-state index is -0.263. The molecule has 7 nitrogen and oxygen atoms in total. The fourth-order valence-corrected chi connectivity index (χ4v) is 6.04. The van der Waals surface area contributed by atoms with Crippen LogP contribution in [0, 0.1) is 19.3 Å². The Hall–Kier alpha value is -3.45. The number of benzene rings is 1. The molecule has 2 aliphatic rings. The minimum absolute atomic E-state index is 0.0758. The number of carbonyl (C=O) groups is 1. The number of esters is 1. The van der Waals surface area contributed by atoms with E-state index in [-0.39, 0.29) is 36.6 Å². The summed E-state index contributed by atoms with van der Waals surface area (Å²) in [6.07, 6.45) is 3.67. The number of piperidine rings is 1. The third-order valence-electron chi connectivity index (χ3n) is 8.36. The minimum Gasteiger partial charge on any atom is -0.484 e. The van der Waals surface area contributed by atoms with Crippen molar-refractivity contribution in [3.8, 4) is 16.9 Å². The number of carbonyl (C=O) groups excluding carboxylic acids is 1. The molecule has 1 aromatic carbocycles. The van der Waals surface area contributed by atoms with Crippen molar-refractivity contribution in [2.24, 2.45) is 5.41 Å². The maximum Gasteiger partial charge on any atom is 0.310 e. The summed E-state index contributed by atoms with van der Waals surface area (Å²) in [5.74, 6) is 0.599. The number of hydrogen-bond acceptors (Lipinski definition) is 7. The number of pyridine rings is 2. The highest BCUT2D eigenvalue weighted by molar-refractivity contribution is 5.87. The Morgan fingerprint density at radius 2 is 1.90 bits per heavy atom. The molecule has 7 heteroatoms. The summed E-state index contributed by atoms with van der Waals surface area (Å²) in [5, 5.41) is 10.5. The van der Waals surface area contributed by atoms with Crippen LogP contribution in [-0.4, -0.2) is 40.2 Å². The van der Waals surface area contributed by atoms with Gasteiger partial charge in [0.25, 0.3) is 0 Å². The molecule has 1 saturated heterocycles. The van der Waals surface area contributed by atoms with Crippen molar-refractivity contribution in [3.05, 3.63) is 70.3 Å². The Kier molecular flexibility index (Phi) is 8.37. The smallest absolute Gasteiger partial charge is 0.310 e. The topological polar surface area (TPSA) is 84.8 Å². The van der Waals surface area contributed by atoms with E-state index in [0.717, 1.165) is 89.5 Å². The van der Waals surface area contributed by atoms with Gasteiger partial charge >= 0.3 is 5.97 Å². The fourth-order valence-electron chi connectivity index (χ4n) is 6.04. The number of aryl methyl sites for hydroxylation is 3. The van der Waals surface area contributed by atoms with E-state index in [1.807, 2.05) is 52.0 Å². The zero-order valence-electron chi connectivity index (χ0n) is 25.3. The first-order valence-corrected chi connectivity index (χ1v) is 14.9. The highest BCUT2D eigenvalue weighted by Gasteiger charge is 2.32. The monoisotopic (exact) mass is 557 g/mol. The number of fused-ring (bicyclic) bond motifs is 1. The third-order valence-corrected chi connectivity index (χ3v) is 8.36. The lowest BCUT2D eigenvalue weighted by molar-refractivity contribution is -0.146. The summed E-state index contributed by atoms with van der Waals surface area (Å²) in [4.78, 5) is 24.8. The van der Waals surface area contributed by atoms with Gasteiger partial charge in [-0.05, 0) is 94.2 Å². The molecule has 0 aliphatic carbocycles. The molecule has 1 unspecified atom stereocenters. The van der Waals surface area contributed by atoms with Crippen LogP contribution in [0.3, 0.4) is 0 Å². The van der Waals surface area contributed by atoms with Crippen LogP contribution in [0.25, 0.3) is 11.1 Å². The molecule has 1 N–H and O–H groups in total.